The monoisotopic (exact) mass is 630 g/mol. The number of hydrogen-bond donors (Lipinski definition) is 2. The number of nitrogen functional groups attached to an aromatic ring is 1. The molecule has 2 heterocycles. The fourth-order valence-corrected chi connectivity index (χ4v) is 6.02. The van der Waals surface area contributed by atoms with Crippen molar-refractivity contribution in [3.8, 4) is 0 Å². The predicted octanol–water partition coefficient (Wildman–Crippen LogP) is 8.06. The largest absolute Gasteiger partial charge is 0.398 e. The summed E-state index contributed by atoms with van der Waals surface area (Å²) in [5.41, 5.74) is 13.2. The van der Waals surface area contributed by atoms with Gasteiger partial charge in [0.2, 0.25) is 6.41 Å². The topological polar surface area (TPSA) is 82.4 Å². The molecule has 1 fully saturated rings. The van der Waals surface area contributed by atoms with Gasteiger partial charge in [-0.1, -0.05) is 36.2 Å². The van der Waals surface area contributed by atoms with Gasteiger partial charge in [-0.3, -0.25) is 9.59 Å². The first-order valence-corrected chi connectivity index (χ1v) is 15.9. The molecule has 42 heavy (non-hydrogen) atoms. The number of aryl methyl sites for hydroxylation is 1. The minimum Gasteiger partial charge on any atom is -0.398 e. The second-order valence-corrected chi connectivity index (χ2v) is 12.4. The van der Waals surface area contributed by atoms with Crippen LogP contribution in [0.25, 0.3) is 11.6 Å². The molecule has 1 aromatic heterocycles. The summed E-state index contributed by atoms with van der Waals surface area (Å²) in [6.07, 6.45) is 7.26. The SMILES string of the molecule is CCCN(C)C.Cc1[nH]c(/C=C(\C=O)c2cc(SCc3c(Cl)cccc3Cl)ccc2N)c(C)c1C.O=CN1CCCC1. The highest BCUT2D eigenvalue weighted by Crippen LogP contribution is 2.34. The van der Waals surface area contributed by atoms with Crippen LogP contribution in [-0.4, -0.2) is 61.2 Å². The number of benzene rings is 2. The number of nitrogens with one attached hydrogen (secondary N) is 1. The highest BCUT2D eigenvalue weighted by atomic mass is 35.5. The van der Waals surface area contributed by atoms with Gasteiger partial charge in [-0.05, 0) is 114 Å². The third-order valence-corrected chi connectivity index (χ3v) is 8.75. The summed E-state index contributed by atoms with van der Waals surface area (Å²) in [6.45, 7) is 11.5. The van der Waals surface area contributed by atoms with Gasteiger partial charge in [0.1, 0.15) is 0 Å². The number of allylic oxidation sites excluding steroid dienone is 1. The molecule has 0 aliphatic carbocycles. The number of rotatable bonds is 9. The van der Waals surface area contributed by atoms with Gasteiger partial charge in [0, 0.05) is 62.0 Å². The van der Waals surface area contributed by atoms with Crippen molar-refractivity contribution in [3.63, 3.8) is 0 Å². The summed E-state index contributed by atoms with van der Waals surface area (Å²) in [7, 11) is 4.17. The summed E-state index contributed by atoms with van der Waals surface area (Å²) >= 11 is 14.1. The van der Waals surface area contributed by atoms with Crippen LogP contribution in [0.2, 0.25) is 10.0 Å². The Morgan fingerprint density at radius 1 is 1.05 bits per heavy atom. The Hall–Kier alpha value is -2.71. The molecular formula is C33H44Cl2N4O2S. The number of likely N-dealkylation sites (tertiary alicyclic amines) is 1. The number of hydrogen-bond acceptors (Lipinski definition) is 5. The number of carbonyl (C=O) groups excluding carboxylic acids is 2. The first-order valence-electron chi connectivity index (χ1n) is 14.1. The van der Waals surface area contributed by atoms with E-state index in [0.29, 0.717) is 32.6 Å². The summed E-state index contributed by atoms with van der Waals surface area (Å²) in [4.78, 5) is 30.1. The molecule has 0 atom stereocenters. The fourth-order valence-electron chi connectivity index (χ4n) is 4.34. The van der Waals surface area contributed by atoms with Crippen LogP contribution < -0.4 is 5.73 Å². The summed E-state index contributed by atoms with van der Waals surface area (Å²) in [6, 6.07) is 11.2. The van der Waals surface area contributed by atoms with Crippen molar-refractivity contribution in [2.45, 2.75) is 57.6 Å². The maximum absolute atomic E-state index is 11.9. The molecule has 6 nitrogen and oxygen atoms in total. The number of aldehydes is 1. The molecule has 3 aromatic rings. The van der Waals surface area contributed by atoms with E-state index >= 15 is 0 Å². The molecule has 0 spiro atoms. The van der Waals surface area contributed by atoms with Crippen molar-refractivity contribution in [2.75, 3.05) is 39.5 Å². The molecule has 3 N–H and O–H groups in total. The average Bonchev–Trinajstić information content (AvgIpc) is 3.57. The third-order valence-electron chi connectivity index (χ3n) is 7.02. The lowest BCUT2D eigenvalue weighted by Gasteiger charge is -2.10. The van der Waals surface area contributed by atoms with E-state index in [4.69, 9.17) is 28.9 Å². The quantitative estimate of drug-likeness (QED) is 0.108. The van der Waals surface area contributed by atoms with Crippen LogP contribution in [0.5, 0.6) is 0 Å². The van der Waals surface area contributed by atoms with Gasteiger partial charge in [-0.2, -0.15) is 0 Å². The molecule has 0 radical (unpaired) electrons. The number of carbonyl (C=O) groups is 2. The van der Waals surface area contributed by atoms with Crippen molar-refractivity contribution in [3.05, 3.63) is 80.1 Å². The van der Waals surface area contributed by atoms with Crippen molar-refractivity contribution in [2.24, 2.45) is 0 Å². The van der Waals surface area contributed by atoms with Gasteiger partial charge in [-0.15, -0.1) is 11.8 Å². The summed E-state index contributed by atoms with van der Waals surface area (Å²) in [5.74, 6) is 0.621. The van der Waals surface area contributed by atoms with Crippen molar-refractivity contribution < 1.29 is 9.59 Å². The zero-order valence-corrected chi connectivity index (χ0v) is 27.9. The van der Waals surface area contributed by atoms with E-state index in [1.165, 1.54) is 31.4 Å². The summed E-state index contributed by atoms with van der Waals surface area (Å²) in [5, 5.41) is 1.28. The lowest BCUT2D eigenvalue weighted by Crippen LogP contribution is -2.15. The maximum Gasteiger partial charge on any atom is 0.209 e. The van der Waals surface area contributed by atoms with Crippen LogP contribution in [0, 0.1) is 20.8 Å². The molecule has 2 aromatic carbocycles. The van der Waals surface area contributed by atoms with Crippen LogP contribution in [-0.2, 0) is 15.3 Å². The number of nitrogens with two attached hydrogens (primary N) is 1. The summed E-state index contributed by atoms with van der Waals surface area (Å²) < 4.78 is 0. The molecule has 0 unspecified atom stereocenters. The number of H-pyrrole nitrogens is 1. The van der Waals surface area contributed by atoms with Gasteiger partial charge < -0.3 is 20.5 Å². The second kappa shape index (κ2) is 18.1. The minimum atomic E-state index is 0.532. The molecule has 0 bridgehead atoms. The average molecular weight is 632 g/mol. The standard InChI is InChI=1S/C23H22Cl2N2OS.C5H9NO.C5H13N/c1-13-14(2)23(27-15(13)3)9-16(11-28)18-10-17(7-8-22(18)26)29-12-19-20(24)5-4-6-21(19)25;7-5-6-3-1-2-4-6;1-4-5-6(2)3/h4-11,27H,12,26H2,1-3H3;5H,1-4H2;4-5H2,1-3H3/b16-9+;;. The number of amides is 1. The normalized spacial score (nSPS) is 12.9. The Morgan fingerprint density at radius 3 is 2.14 bits per heavy atom. The number of aromatic amines is 1. The van der Waals surface area contributed by atoms with Crippen LogP contribution in [0.15, 0.2) is 41.3 Å². The maximum atomic E-state index is 11.9. The number of anilines is 1. The first-order chi connectivity index (χ1) is 20.0. The van der Waals surface area contributed by atoms with Crippen LogP contribution in [0.4, 0.5) is 5.69 Å². The first kappa shape index (κ1) is 35.5. The van der Waals surface area contributed by atoms with E-state index in [2.05, 4.69) is 37.8 Å². The van der Waals surface area contributed by atoms with E-state index in [-0.39, 0.29) is 0 Å². The number of thioether (sulfide) groups is 1. The van der Waals surface area contributed by atoms with Crippen molar-refractivity contribution >= 4 is 65.0 Å². The van der Waals surface area contributed by atoms with Crippen LogP contribution in [0.3, 0.4) is 0 Å². The Bertz CT molecular complexity index is 1330. The Balaban J connectivity index is 0.000000390. The van der Waals surface area contributed by atoms with Gasteiger partial charge in [0.05, 0.1) is 0 Å². The number of nitrogens with zero attached hydrogens (tertiary/aromatic N) is 2. The van der Waals surface area contributed by atoms with Crippen molar-refractivity contribution in [1.29, 1.82) is 0 Å². The minimum absolute atomic E-state index is 0.532. The zero-order valence-electron chi connectivity index (χ0n) is 25.6. The Labute approximate surface area is 265 Å². The van der Waals surface area contributed by atoms with E-state index in [0.717, 1.165) is 53.2 Å². The van der Waals surface area contributed by atoms with E-state index in [9.17, 15) is 9.59 Å². The Kier molecular flexibility index (Phi) is 15.3. The second-order valence-electron chi connectivity index (χ2n) is 10.5. The number of halogens is 2. The molecule has 1 aliphatic rings. The van der Waals surface area contributed by atoms with E-state index in [1.54, 1.807) is 16.7 Å². The lowest BCUT2D eigenvalue weighted by molar-refractivity contribution is -0.117. The van der Waals surface area contributed by atoms with Crippen LogP contribution in [0.1, 0.15) is 59.8 Å². The van der Waals surface area contributed by atoms with Gasteiger partial charge in [-0.25, -0.2) is 0 Å². The predicted molar refractivity (Wildman–Crippen MR) is 182 cm³/mol. The highest BCUT2D eigenvalue weighted by molar-refractivity contribution is 7.98. The van der Waals surface area contributed by atoms with Gasteiger partial charge in [0.25, 0.3) is 0 Å². The molecule has 1 aliphatic heterocycles. The molecule has 1 saturated heterocycles. The molecular weight excluding hydrogens is 587 g/mol. The van der Waals surface area contributed by atoms with Crippen molar-refractivity contribution in [1.82, 2.24) is 14.8 Å². The molecule has 0 saturated carbocycles. The molecule has 4 rings (SSSR count). The van der Waals surface area contributed by atoms with Gasteiger partial charge in [0.15, 0.2) is 6.29 Å². The van der Waals surface area contributed by atoms with Crippen LogP contribution >= 0.6 is 35.0 Å². The van der Waals surface area contributed by atoms with E-state index in [1.807, 2.05) is 56.3 Å². The van der Waals surface area contributed by atoms with E-state index < -0.39 is 0 Å². The molecule has 228 valence electrons. The third kappa shape index (κ3) is 10.8. The smallest absolute Gasteiger partial charge is 0.209 e. The molecule has 9 heteroatoms. The highest BCUT2D eigenvalue weighted by Gasteiger charge is 2.12. The zero-order chi connectivity index (χ0) is 31.2. The number of aromatic nitrogens is 1. The molecule has 1 amide bonds. The Morgan fingerprint density at radius 2 is 1.69 bits per heavy atom. The fraction of sp³-hybridized carbons (Fsp3) is 0.394. The van der Waals surface area contributed by atoms with Gasteiger partial charge >= 0.3 is 0 Å². The lowest BCUT2D eigenvalue weighted by atomic mass is 10.0.